The topological polar surface area (TPSA) is 62.4 Å². The molecule has 0 aliphatic carbocycles. The molecule has 1 rings (SSSR count). The zero-order valence-electron chi connectivity index (χ0n) is 10.1. The van der Waals surface area contributed by atoms with Gasteiger partial charge in [0.1, 0.15) is 0 Å². The number of hydrogen-bond donors (Lipinski definition) is 2. The number of nitrogen functional groups attached to an aromatic ring is 1. The molecular weight excluding hydrogens is 202 g/mol. The number of nitrogens with zero attached hydrogens (tertiary/aromatic N) is 2. The lowest BCUT2D eigenvalue weighted by molar-refractivity contribution is 0.296. The monoisotopic (exact) mass is 223 g/mol. The van der Waals surface area contributed by atoms with Gasteiger partial charge in [0.05, 0.1) is 24.2 Å². The summed E-state index contributed by atoms with van der Waals surface area (Å²) in [5.74, 6) is 0. The standard InChI is InChI=1S/C12H21N3O/c1-3-11(4-2)15(5-6-16)12-7-10(13)8-14-9-12/h7-9,11,16H,3-6,13H2,1-2H3. The summed E-state index contributed by atoms with van der Waals surface area (Å²) in [6.07, 6.45) is 5.52. The van der Waals surface area contributed by atoms with E-state index in [1.165, 1.54) is 0 Å². The summed E-state index contributed by atoms with van der Waals surface area (Å²) in [5.41, 5.74) is 7.37. The molecule has 1 heterocycles. The average Bonchev–Trinajstić information content (AvgIpc) is 2.29. The molecule has 0 unspecified atom stereocenters. The second-order valence-electron chi connectivity index (χ2n) is 3.86. The van der Waals surface area contributed by atoms with Gasteiger partial charge in [0.2, 0.25) is 0 Å². The van der Waals surface area contributed by atoms with Gasteiger partial charge in [0.25, 0.3) is 0 Å². The molecule has 0 saturated heterocycles. The Morgan fingerprint density at radius 1 is 1.38 bits per heavy atom. The van der Waals surface area contributed by atoms with Gasteiger partial charge < -0.3 is 15.7 Å². The lowest BCUT2D eigenvalue weighted by atomic mass is 10.1. The second kappa shape index (κ2) is 6.33. The molecule has 0 radical (unpaired) electrons. The minimum Gasteiger partial charge on any atom is -0.397 e. The van der Waals surface area contributed by atoms with E-state index in [0.717, 1.165) is 18.5 Å². The fraction of sp³-hybridized carbons (Fsp3) is 0.583. The molecule has 1 aromatic heterocycles. The Labute approximate surface area is 97.1 Å². The zero-order chi connectivity index (χ0) is 12.0. The summed E-state index contributed by atoms with van der Waals surface area (Å²) >= 11 is 0. The van der Waals surface area contributed by atoms with Gasteiger partial charge in [0.15, 0.2) is 0 Å². The van der Waals surface area contributed by atoms with Crippen molar-refractivity contribution >= 4 is 11.4 Å². The first kappa shape index (κ1) is 12.8. The van der Waals surface area contributed by atoms with Crippen LogP contribution in [0.3, 0.4) is 0 Å². The van der Waals surface area contributed by atoms with Gasteiger partial charge in [-0.3, -0.25) is 4.98 Å². The number of rotatable bonds is 6. The van der Waals surface area contributed by atoms with Gasteiger partial charge in [0, 0.05) is 18.8 Å². The Morgan fingerprint density at radius 3 is 2.56 bits per heavy atom. The lowest BCUT2D eigenvalue weighted by Crippen LogP contribution is -2.36. The highest BCUT2D eigenvalue weighted by molar-refractivity contribution is 5.53. The van der Waals surface area contributed by atoms with Crippen molar-refractivity contribution in [2.45, 2.75) is 32.7 Å². The third-order valence-corrected chi connectivity index (χ3v) is 2.80. The summed E-state index contributed by atoms with van der Waals surface area (Å²) < 4.78 is 0. The maximum atomic E-state index is 9.11. The molecule has 4 heteroatoms. The van der Waals surface area contributed by atoms with Crippen molar-refractivity contribution in [1.82, 2.24) is 4.98 Å². The van der Waals surface area contributed by atoms with E-state index < -0.39 is 0 Å². The molecule has 16 heavy (non-hydrogen) atoms. The fourth-order valence-electron chi connectivity index (χ4n) is 1.96. The molecule has 0 spiro atoms. The van der Waals surface area contributed by atoms with Crippen LogP contribution in [0.2, 0.25) is 0 Å². The fourth-order valence-corrected chi connectivity index (χ4v) is 1.96. The first-order valence-electron chi connectivity index (χ1n) is 5.80. The van der Waals surface area contributed by atoms with Crippen molar-refractivity contribution in [2.75, 3.05) is 23.8 Å². The van der Waals surface area contributed by atoms with Gasteiger partial charge in [-0.2, -0.15) is 0 Å². The number of aliphatic hydroxyl groups is 1. The summed E-state index contributed by atoms with van der Waals surface area (Å²) in [5, 5.41) is 9.11. The first-order valence-corrected chi connectivity index (χ1v) is 5.80. The first-order chi connectivity index (χ1) is 7.72. The van der Waals surface area contributed by atoms with Crippen LogP contribution in [0.4, 0.5) is 11.4 Å². The molecule has 0 bridgehead atoms. The number of aromatic nitrogens is 1. The minimum atomic E-state index is 0.144. The van der Waals surface area contributed by atoms with Crippen molar-refractivity contribution in [3.05, 3.63) is 18.5 Å². The van der Waals surface area contributed by atoms with Crippen LogP contribution >= 0.6 is 0 Å². The second-order valence-corrected chi connectivity index (χ2v) is 3.86. The predicted octanol–water partition coefficient (Wildman–Crippen LogP) is 1.65. The Morgan fingerprint density at radius 2 is 2.06 bits per heavy atom. The number of anilines is 2. The van der Waals surface area contributed by atoms with Crippen molar-refractivity contribution in [3.63, 3.8) is 0 Å². The van der Waals surface area contributed by atoms with E-state index in [1.807, 2.05) is 6.07 Å². The van der Waals surface area contributed by atoms with Crippen molar-refractivity contribution < 1.29 is 5.11 Å². The normalized spacial score (nSPS) is 10.8. The van der Waals surface area contributed by atoms with Gasteiger partial charge in [-0.25, -0.2) is 0 Å². The summed E-state index contributed by atoms with van der Waals surface area (Å²) in [4.78, 5) is 6.26. The summed E-state index contributed by atoms with van der Waals surface area (Å²) in [6, 6.07) is 2.33. The van der Waals surface area contributed by atoms with Crippen molar-refractivity contribution in [1.29, 1.82) is 0 Å². The molecule has 0 atom stereocenters. The molecule has 0 aliphatic heterocycles. The van der Waals surface area contributed by atoms with Gasteiger partial charge in [-0.1, -0.05) is 13.8 Å². The summed E-state index contributed by atoms with van der Waals surface area (Å²) in [7, 11) is 0. The highest BCUT2D eigenvalue weighted by Gasteiger charge is 2.15. The predicted molar refractivity (Wildman–Crippen MR) is 67.5 cm³/mol. The van der Waals surface area contributed by atoms with E-state index in [2.05, 4.69) is 23.7 Å². The minimum absolute atomic E-state index is 0.144. The Kier molecular flexibility index (Phi) is 5.05. The highest BCUT2D eigenvalue weighted by Crippen LogP contribution is 2.21. The van der Waals surface area contributed by atoms with Crippen LogP contribution in [-0.2, 0) is 0 Å². The van der Waals surface area contributed by atoms with Crippen LogP contribution in [0.1, 0.15) is 26.7 Å². The molecule has 90 valence electrons. The Balaban J connectivity index is 2.91. The van der Waals surface area contributed by atoms with E-state index in [4.69, 9.17) is 10.8 Å². The van der Waals surface area contributed by atoms with Crippen LogP contribution < -0.4 is 10.6 Å². The zero-order valence-corrected chi connectivity index (χ0v) is 10.1. The maximum Gasteiger partial charge on any atom is 0.0606 e. The number of nitrogens with two attached hydrogens (primary N) is 1. The molecular formula is C12H21N3O. The van der Waals surface area contributed by atoms with E-state index in [0.29, 0.717) is 18.3 Å². The molecule has 4 nitrogen and oxygen atoms in total. The molecule has 0 amide bonds. The van der Waals surface area contributed by atoms with Crippen LogP contribution in [0.15, 0.2) is 18.5 Å². The quantitative estimate of drug-likeness (QED) is 0.769. The number of hydrogen-bond acceptors (Lipinski definition) is 4. The van der Waals surface area contributed by atoms with E-state index in [9.17, 15) is 0 Å². The van der Waals surface area contributed by atoms with Crippen LogP contribution in [0.5, 0.6) is 0 Å². The summed E-state index contributed by atoms with van der Waals surface area (Å²) in [6.45, 7) is 5.07. The Bertz CT molecular complexity index is 313. The van der Waals surface area contributed by atoms with E-state index in [-0.39, 0.29) is 6.61 Å². The van der Waals surface area contributed by atoms with Crippen LogP contribution in [0, 0.1) is 0 Å². The smallest absolute Gasteiger partial charge is 0.0606 e. The molecule has 3 N–H and O–H groups in total. The molecule has 0 aromatic carbocycles. The SMILES string of the molecule is CCC(CC)N(CCO)c1cncc(N)c1. The third kappa shape index (κ3) is 3.10. The van der Waals surface area contributed by atoms with E-state index in [1.54, 1.807) is 12.4 Å². The maximum absolute atomic E-state index is 9.11. The van der Waals surface area contributed by atoms with Crippen molar-refractivity contribution in [3.8, 4) is 0 Å². The lowest BCUT2D eigenvalue weighted by Gasteiger charge is -2.31. The number of pyridine rings is 1. The molecule has 0 aliphatic rings. The average molecular weight is 223 g/mol. The molecule has 0 saturated carbocycles. The Hall–Kier alpha value is -1.29. The van der Waals surface area contributed by atoms with Gasteiger partial charge in [-0.15, -0.1) is 0 Å². The van der Waals surface area contributed by atoms with E-state index >= 15 is 0 Å². The van der Waals surface area contributed by atoms with Gasteiger partial charge >= 0.3 is 0 Å². The van der Waals surface area contributed by atoms with Crippen LogP contribution in [-0.4, -0.2) is 29.3 Å². The third-order valence-electron chi connectivity index (χ3n) is 2.80. The largest absolute Gasteiger partial charge is 0.397 e. The molecule has 0 fully saturated rings. The number of aliphatic hydroxyl groups excluding tert-OH is 1. The van der Waals surface area contributed by atoms with Crippen molar-refractivity contribution in [2.24, 2.45) is 0 Å². The van der Waals surface area contributed by atoms with Crippen LogP contribution in [0.25, 0.3) is 0 Å². The van der Waals surface area contributed by atoms with Gasteiger partial charge in [-0.05, 0) is 18.9 Å². The highest BCUT2D eigenvalue weighted by atomic mass is 16.3. The molecule has 1 aromatic rings.